The molecule has 1 saturated heterocycles. The smallest absolute Gasteiger partial charge is 0.144 e. The summed E-state index contributed by atoms with van der Waals surface area (Å²) in [5.41, 5.74) is 2.09. The molecular weight excluding hydrogens is 390 g/mol. The zero-order valence-electron chi connectivity index (χ0n) is 17.8. The first-order valence-corrected chi connectivity index (χ1v) is 11.1. The number of anilines is 1. The maximum Gasteiger partial charge on any atom is 0.144 e. The van der Waals surface area contributed by atoms with Crippen LogP contribution in [0.1, 0.15) is 25.5 Å². The quantitative estimate of drug-likeness (QED) is 0.635. The standard InChI is InChI=1S/C24H29N5O2/c1-2-31-20-5-6-21-16(9-20)3-4-19(27-21)15-29-13-17-10-22(23(30)11-18(17)14-29)28-24-12-25-7-8-26-24/h3-9,12,17-18,22-23,30H,2,10-11,13-15H2,1H3,(H,26,28)/t17-,18+,22-,23-/m1/s1. The van der Waals surface area contributed by atoms with Gasteiger partial charge >= 0.3 is 0 Å². The first kappa shape index (κ1) is 20.2. The Hall–Kier alpha value is -2.77. The summed E-state index contributed by atoms with van der Waals surface area (Å²) >= 11 is 0. The first-order chi connectivity index (χ1) is 15.2. The number of aliphatic hydroxyl groups is 1. The van der Waals surface area contributed by atoms with Gasteiger partial charge in [0.25, 0.3) is 0 Å². The second-order valence-electron chi connectivity index (χ2n) is 8.68. The van der Waals surface area contributed by atoms with Crippen molar-refractivity contribution in [3.05, 3.63) is 54.6 Å². The Labute approximate surface area is 182 Å². The number of ether oxygens (including phenoxy) is 1. The third-order valence-electron chi connectivity index (χ3n) is 6.53. The van der Waals surface area contributed by atoms with Crippen molar-refractivity contribution in [3.8, 4) is 5.75 Å². The van der Waals surface area contributed by atoms with E-state index in [-0.39, 0.29) is 12.1 Å². The van der Waals surface area contributed by atoms with Crippen molar-refractivity contribution in [1.82, 2.24) is 19.9 Å². The van der Waals surface area contributed by atoms with Gasteiger partial charge in [-0.05, 0) is 55.9 Å². The normalized spacial score (nSPS) is 26.0. The highest BCUT2D eigenvalue weighted by atomic mass is 16.5. The Kier molecular flexibility index (Phi) is 5.70. The monoisotopic (exact) mass is 419 g/mol. The maximum absolute atomic E-state index is 10.7. The lowest BCUT2D eigenvalue weighted by Gasteiger charge is -2.35. The molecule has 2 N–H and O–H groups in total. The van der Waals surface area contributed by atoms with Gasteiger partial charge in [0.15, 0.2) is 0 Å². The van der Waals surface area contributed by atoms with E-state index < -0.39 is 0 Å². The van der Waals surface area contributed by atoms with Crippen molar-refractivity contribution in [2.45, 2.75) is 38.5 Å². The molecule has 2 aliphatic rings. The number of likely N-dealkylation sites (tertiary alicyclic amines) is 1. The van der Waals surface area contributed by atoms with E-state index in [1.807, 2.05) is 25.1 Å². The number of aliphatic hydroxyl groups excluding tert-OH is 1. The number of fused-ring (bicyclic) bond motifs is 2. The highest BCUT2D eigenvalue weighted by Gasteiger charge is 2.41. The number of nitrogens with one attached hydrogen (secondary N) is 1. The van der Waals surface area contributed by atoms with E-state index in [1.54, 1.807) is 18.6 Å². The van der Waals surface area contributed by atoms with Crippen LogP contribution in [0.2, 0.25) is 0 Å². The fourth-order valence-corrected chi connectivity index (χ4v) is 5.09. The predicted molar refractivity (Wildman–Crippen MR) is 120 cm³/mol. The molecule has 2 fully saturated rings. The van der Waals surface area contributed by atoms with Gasteiger partial charge in [-0.1, -0.05) is 6.07 Å². The fraction of sp³-hybridized carbons (Fsp3) is 0.458. The van der Waals surface area contributed by atoms with Crippen LogP contribution in [0.4, 0.5) is 5.82 Å². The van der Waals surface area contributed by atoms with Crippen LogP contribution in [0.15, 0.2) is 48.9 Å². The molecule has 7 nitrogen and oxygen atoms in total. The highest BCUT2D eigenvalue weighted by molar-refractivity contribution is 5.80. The first-order valence-electron chi connectivity index (χ1n) is 11.1. The van der Waals surface area contributed by atoms with Crippen molar-refractivity contribution in [3.63, 3.8) is 0 Å². The summed E-state index contributed by atoms with van der Waals surface area (Å²) < 4.78 is 5.59. The minimum absolute atomic E-state index is 0.0243. The van der Waals surface area contributed by atoms with Crippen molar-refractivity contribution in [2.24, 2.45) is 11.8 Å². The molecule has 0 bridgehead atoms. The molecule has 0 amide bonds. The molecular formula is C24H29N5O2. The lowest BCUT2D eigenvalue weighted by Crippen LogP contribution is -2.43. The fourth-order valence-electron chi connectivity index (χ4n) is 5.09. The van der Waals surface area contributed by atoms with Crippen LogP contribution in [0, 0.1) is 11.8 Å². The molecule has 0 unspecified atom stereocenters. The van der Waals surface area contributed by atoms with E-state index >= 15 is 0 Å². The lowest BCUT2D eigenvalue weighted by atomic mass is 9.77. The topological polar surface area (TPSA) is 83.4 Å². The zero-order chi connectivity index (χ0) is 21.2. The molecule has 1 saturated carbocycles. The summed E-state index contributed by atoms with van der Waals surface area (Å²) in [4.78, 5) is 15.8. The van der Waals surface area contributed by atoms with Gasteiger partial charge in [-0.15, -0.1) is 0 Å². The Morgan fingerprint density at radius 2 is 2.00 bits per heavy atom. The summed E-state index contributed by atoms with van der Waals surface area (Å²) in [6, 6.07) is 10.3. The van der Waals surface area contributed by atoms with E-state index in [2.05, 4.69) is 32.3 Å². The minimum Gasteiger partial charge on any atom is -0.494 e. The van der Waals surface area contributed by atoms with Crippen LogP contribution in [0.25, 0.3) is 10.9 Å². The summed E-state index contributed by atoms with van der Waals surface area (Å²) in [7, 11) is 0. The Morgan fingerprint density at radius 1 is 1.13 bits per heavy atom. The van der Waals surface area contributed by atoms with Gasteiger partial charge in [-0.3, -0.25) is 14.9 Å². The van der Waals surface area contributed by atoms with Crippen LogP contribution >= 0.6 is 0 Å². The predicted octanol–water partition coefficient (Wildman–Crippen LogP) is 3.11. The second kappa shape index (κ2) is 8.77. The van der Waals surface area contributed by atoms with Crippen molar-refractivity contribution in [2.75, 3.05) is 25.0 Å². The van der Waals surface area contributed by atoms with E-state index in [9.17, 15) is 5.11 Å². The molecule has 31 heavy (non-hydrogen) atoms. The lowest BCUT2D eigenvalue weighted by molar-refractivity contribution is 0.0735. The van der Waals surface area contributed by atoms with Gasteiger partial charge in [0.1, 0.15) is 11.6 Å². The molecule has 4 atom stereocenters. The van der Waals surface area contributed by atoms with Gasteiger partial charge < -0.3 is 15.2 Å². The third kappa shape index (κ3) is 4.48. The summed E-state index contributed by atoms with van der Waals surface area (Å²) in [5.74, 6) is 2.72. The zero-order valence-corrected chi connectivity index (χ0v) is 17.8. The van der Waals surface area contributed by atoms with Crippen LogP contribution in [-0.2, 0) is 6.54 Å². The molecule has 7 heteroatoms. The molecule has 2 aromatic heterocycles. The van der Waals surface area contributed by atoms with Crippen LogP contribution in [0.3, 0.4) is 0 Å². The minimum atomic E-state index is -0.360. The van der Waals surface area contributed by atoms with Gasteiger partial charge in [0.05, 0.1) is 36.2 Å². The summed E-state index contributed by atoms with van der Waals surface area (Å²) in [5, 5.41) is 15.2. The number of hydrogen-bond acceptors (Lipinski definition) is 7. The van der Waals surface area contributed by atoms with E-state index in [1.165, 1.54) is 0 Å². The van der Waals surface area contributed by atoms with Gasteiger partial charge in [-0.25, -0.2) is 4.98 Å². The molecule has 1 aliphatic heterocycles. The van der Waals surface area contributed by atoms with Crippen LogP contribution < -0.4 is 10.1 Å². The Morgan fingerprint density at radius 3 is 2.81 bits per heavy atom. The molecule has 5 rings (SSSR count). The molecule has 0 radical (unpaired) electrons. The van der Waals surface area contributed by atoms with Crippen molar-refractivity contribution in [1.29, 1.82) is 0 Å². The average molecular weight is 420 g/mol. The largest absolute Gasteiger partial charge is 0.494 e. The molecule has 0 spiro atoms. The Balaban J connectivity index is 1.23. The highest BCUT2D eigenvalue weighted by Crippen LogP contribution is 2.38. The van der Waals surface area contributed by atoms with Crippen molar-refractivity contribution < 1.29 is 9.84 Å². The molecule has 1 aliphatic carbocycles. The summed E-state index contributed by atoms with van der Waals surface area (Å²) in [6.07, 6.45) is 6.45. The Bertz CT molecular complexity index is 1030. The van der Waals surface area contributed by atoms with E-state index in [0.717, 1.165) is 60.6 Å². The van der Waals surface area contributed by atoms with Gasteiger partial charge in [0, 0.05) is 37.4 Å². The number of rotatable bonds is 6. The number of nitrogens with zero attached hydrogens (tertiary/aromatic N) is 4. The summed E-state index contributed by atoms with van der Waals surface area (Å²) in [6.45, 7) is 5.56. The van der Waals surface area contributed by atoms with Crippen LogP contribution in [-0.4, -0.2) is 56.8 Å². The van der Waals surface area contributed by atoms with Crippen molar-refractivity contribution >= 4 is 16.7 Å². The molecule has 1 aromatic carbocycles. The van der Waals surface area contributed by atoms with E-state index in [0.29, 0.717) is 18.4 Å². The van der Waals surface area contributed by atoms with E-state index in [4.69, 9.17) is 9.72 Å². The number of hydrogen-bond donors (Lipinski definition) is 2. The second-order valence-corrected chi connectivity index (χ2v) is 8.68. The molecule has 3 heterocycles. The molecule has 3 aromatic rings. The average Bonchev–Trinajstić information content (AvgIpc) is 3.16. The molecule has 162 valence electrons. The van der Waals surface area contributed by atoms with Crippen LogP contribution in [0.5, 0.6) is 5.75 Å². The van der Waals surface area contributed by atoms with Gasteiger partial charge in [-0.2, -0.15) is 0 Å². The number of pyridine rings is 1. The van der Waals surface area contributed by atoms with Gasteiger partial charge in [0.2, 0.25) is 0 Å². The maximum atomic E-state index is 10.7. The number of benzene rings is 1. The SMILES string of the molecule is CCOc1ccc2nc(CN3C[C@H]4C[C@@H](Nc5cnccn5)[C@H](O)C[C@H]4C3)ccc2c1. The number of aromatic nitrogens is 3. The third-order valence-corrected chi connectivity index (χ3v) is 6.53.